The van der Waals surface area contributed by atoms with E-state index in [0.717, 1.165) is 25.2 Å². The standard InChI is InChI=1S/C17H34O/c1-5-6-7-8-9-12-17(18)13-10-15(11-14-17)16(2,3)4/h15,18H,5-14H2,1-4H3. The lowest BCUT2D eigenvalue weighted by Gasteiger charge is -2.41. The van der Waals surface area contributed by atoms with E-state index in [1.54, 1.807) is 0 Å². The fourth-order valence-corrected chi connectivity index (χ4v) is 3.33. The molecule has 0 saturated heterocycles. The van der Waals surface area contributed by atoms with Crippen LogP contribution in [0.1, 0.15) is 91.9 Å². The first-order chi connectivity index (χ1) is 8.37. The molecule has 108 valence electrons. The summed E-state index contributed by atoms with van der Waals surface area (Å²) in [5, 5.41) is 10.6. The average molecular weight is 254 g/mol. The molecule has 1 saturated carbocycles. The number of rotatable bonds is 6. The van der Waals surface area contributed by atoms with E-state index in [0.29, 0.717) is 5.41 Å². The van der Waals surface area contributed by atoms with Gasteiger partial charge in [0.1, 0.15) is 0 Å². The lowest BCUT2D eigenvalue weighted by atomic mass is 9.67. The first-order valence-corrected chi connectivity index (χ1v) is 8.10. The molecule has 1 N–H and O–H groups in total. The molecule has 0 unspecified atom stereocenters. The van der Waals surface area contributed by atoms with Gasteiger partial charge in [0.2, 0.25) is 0 Å². The molecular weight excluding hydrogens is 220 g/mol. The predicted molar refractivity (Wildman–Crippen MR) is 79.7 cm³/mol. The van der Waals surface area contributed by atoms with Crippen LogP contribution in [-0.2, 0) is 0 Å². The zero-order chi connectivity index (χ0) is 13.6. The Morgan fingerprint density at radius 1 is 1.00 bits per heavy atom. The Morgan fingerprint density at radius 2 is 1.56 bits per heavy atom. The predicted octanol–water partition coefficient (Wildman–Crippen LogP) is 5.31. The van der Waals surface area contributed by atoms with Gasteiger partial charge in [0.05, 0.1) is 5.60 Å². The molecule has 1 rings (SSSR count). The largest absolute Gasteiger partial charge is 0.390 e. The summed E-state index contributed by atoms with van der Waals surface area (Å²) in [6.07, 6.45) is 12.1. The molecule has 0 heterocycles. The summed E-state index contributed by atoms with van der Waals surface area (Å²) in [5.41, 5.74) is 0.0937. The fraction of sp³-hybridized carbons (Fsp3) is 1.00. The lowest BCUT2D eigenvalue weighted by molar-refractivity contribution is -0.0329. The van der Waals surface area contributed by atoms with Crippen LogP contribution in [-0.4, -0.2) is 10.7 Å². The van der Waals surface area contributed by atoms with Crippen LogP contribution >= 0.6 is 0 Å². The topological polar surface area (TPSA) is 20.2 Å². The van der Waals surface area contributed by atoms with Crippen LogP contribution in [0.5, 0.6) is 0 Å². The van der Waals surface area contributed by atoms with Crippen molar-refractivity contribution in [2.45, 2.75) is 97.5 Å². The highest BCUT2D eigenvalue weighted by atomic mass is 16.3. The van der Waals surface area contributed by atoms with E-state index in [2.05, 4.69) is 27.7 Å². The maximum Gasteiger partial charge on any atom is 0.0648 e. The van der Waals surface area contributed by atoms with Gasteiger partial charge in [-0.3, -0.25) is 0 Å². The zero-order valence-electron chi connectivity index (χ0n) is 13.1. The first-order valence-electron chi connectivity index (χ1n) is 8.10. The number of aliphatic hydroxyl groups is 1. The summed E-state index contributed by atoms with van der Waals surface area (Å²) in [7, 11) is 0. The van der Waals surface area contributed by atoms with Crippen molar-refractivity contribution in [1.82, 2.24) is 0 Å². The number of hydrogen-bond acceptors (Lipinski definition) is 1. The molecule has 1 fully saturated rings. The van der Waals surface area contributed by atoms with Crippen molar-refractivity contribution >= 4 is 0 Å². The van der Waals surface area contributed by atoms with Crippen LogP contribution in [0.3, 0.4) is 0 Å². The number of unbranched alkanes of at least 4 members (excludes halogenated alkanes) is 4. The minimum atomic E-state index is -0.325. The van der Waals surface area contributed by atoms with Gasteiger partial charge >= 0.3 is 0 Å². The summed E-state index contributed by atoms with van der Waals surface area (Å²) >= 11 is 0. The molecule has 1 heteroatoms. The van der Waals surface area contributed by atoms with Gasteiger partial charge in [-0.05, 0) is 43.4 Å². The molecule has 0 spiro atoms. The maximum absolute atomic E-state index is 10.6. The Kier molecular flexibility index (Phi) is 6.17. The molecular formula is C17H34O. The molecule has 0 atom stereocenters. The van der Waals surface area contributed by atoms with Gasteiger partial charge < -0.3 is 5.11 Å². The monoisotopic (exact) mass is 254 g/mol. The normalized spacial score (nSPS) is 29.5. The molecule has 1 nitrogen and oxygen atoms in total. The maximum atomic E-state index is 10.6. The molecule has 0 aromatic rings. The van der Waals surface area contributed by atoms with Crippen molar-refractivity contribution in [3.8, 4) is 0 Å². The van der Waals surface area contributed by atoms with Crippen molar-refractivity contribution in [2.75, 3.05) is 0 Å². The SMILES string of the molecule is CCCCCCCC1(O)CCC(C(C)(C)C)CC1. The third-order valence-corrected chi connectivity index (χ3v) is 4.89. The van der Waals surface area contributed by atoms with Gasteiger partial charge in [-0.2, -0.15) is 0 Å². The van der Waals surface area contributed by atoms with E-state index in [9.17, 15) is 5.11 Å². The molecule has 0 aliphatic heterocycles. The van der Waals surface area contributed by atoms with Gasteiger partial charge in [-0.1, -0.05) is 59.8 Å². The Morgan fingerprint density at radius 3 is 2.06 bits per heavy atom. The molecule has 18 heavy (non-hydrogen) atoms. The zero-order valence-corrected chi connectivity index (χ0v) is 13.1. The minimum Gasteiger partial charge on any atom is -0.390 e. The van der Waals surface area contributed by atoms with Crippen molar-refractivity contribution < 1.29 is 5.11 Å². The van der Waals surface area contributed by atoms with Gasteiger partial charge in [0, 0.05) is 0 Å². The van der Waals surface area contributed by atoms with Crippen LogP contribution in [0, 0.1) is 11.3 Å². The van der Waals surface area contributed by atoms with Crippen molar-refractivity contribution in [2.24, 2.45) is 11.3 Å². The van der Waals surface area contributed by atoms with Crippen LogP contribution in [0.25, 0.3) is 0 Å². The van der Waals surface area contributed by atoms with Gasteiger partial charge in [-0.25, -0.2) is 0 Å². The van der Waals surface area contributed by atoms with Crippen LogP contribution in [0.4, 0.5) is 0 Å². The van der Waals surface area contributed by atoms with E-state index in [1.165, 1.54) is 44.9 Å². The molecule has 0 bridgehead atoms. The highest BCUT2D eigenvalue weighted by Crippen LogP contribution is 2.43. The van der Waals surface area contributed by atoms with Crippen LogP contribution in [0.2, 0.25) is 0 Å². The molecule has 1 aliphatic rings. The second-order valence-corrected chi connectivity index (χ2v) is 7.53. The third-order valence-electron chi connectivity index (χ3n) is 4.89. The summed E-state index contributed by atoms with van der Waals surface area (Å²) in [6, 6.07) is 0. The van der Waals surface area contributed by atoms with E-state index in [-0.39, 0.29) is 5.60 Å². The van der Waals surface area contributed by atoms with Crippen LogP contribution < -0.4 is 0 Å². The lowest BCUT2D eigenvalue weighted by Crippen LogP contribution is -2.37. The highest BCUT2D eigenvalue weighted by Gasteiger charge is 2.36. The highest BCUT2D eigenvalue weighted by molar-refractivity contribution is 4.89. The van der Waals surface area contributed by atoms with Gasteiger partial charge in [0.25, 0.3) is 0 Å². The third kappa shape index (κ3) is 5.30. The number of hydrogen-bond donors (Lipinski definition) is 1. The first kappa shape index (κ1) is 16.0. The van der Waals surface area contributed by atoms with Crippen molar-refractivity contribution in [1.29, 1.82) is 0 Å². The van der Waals surface area contributed by atoms with Crippen molar-refractivity contribution in [3.63, 3.8) is 0 Å². The van der Waals surface area contributed by atoms with Gasteiger partial charge in [0.15, 0.2) is 0 Å². The average Bonchev–Trinajstić information content (AvgIpc) is 2.28. The Hall–Kier alpha value is -0.0400. The van der Waals surface area contributed by atoms with E-state index < -0.39 is 0 Å². The summed E-state index contributed by atoms with van der Waals surface area (Å²) in [6.45, 7) is 9.27. The smallest absolute Gasteiger partial charge is 0.0648 e. The quantitative estimate of drug-likeness (QED) is 0.636. The van der Waals surface area contributed by atoms with Crippen LogP contribution in [0.15, 0.2) is 0 Å². The molecule has 1 aliphatic carbocycles. The van der Waals surface area contributed by atoms with Crippen molar-refractivity contribution in [3.05, 3.63) is 0 Å². The second kappa shape index (κ2) is 6.93. The van der Waals surface area contributed by atoms with E-state index >= 15 is 0 Å². The summed E-state index contributed by atoms with van der Waals surface area (Å²) < 4.78 is 0. The van der Waals surface area contributed by atoms with Gasteiger partial charge in [-0.15, -0.1) is 0 Å². The second-order valence-electron chi connectivity index (χ2n) is 7.53. The minimum absolute atomic E-state index is 0.325. The van der Waals surface area contributed by atoms with E-state index in [4.69, 9.17) is 0 Å². The molecule has 0 amide bonds. The summed E-state index contributed by atoms with van der Waals surface area (Å²) in [5.74, 6) is 0.804. The molecule has 0 aromatic carbocycles. The Balaban J connectivity index is 2.23. The van der Waals surface area contributed by atoms with E-state index in [1.807, 2.05) is 0 Å². The molecule has 0 radical (unpaired) electrons. The Bertz CT molecular complexity index is 218. The fourth-order valence-electron chi connectivity index (χ4n) is 3.33. The summed E-state index contributed by atoms with van der Waals surface area (Å²) in [4.78, 5) is 0. The molecule has 0 aromatic heterocycles. The Labute approximate surface area is 114 Å².